The van der Waals surface area contributed by atoms with Crippen molar-refractivity contribution >= 4 is 0 Å². The van der Waals surface area contributed by atoms with E-state index in [2.05, 4.69) is 13.8 Å². The van der Waals surface area contributed by atoms with Gasteiger partial charge in [-0.1, -0.05) is 76.3 Å². The summed E-state index contributed by atoms with van der Waals surface area (Å²) in [6.45, 7) is 4.08. The monoisotopic (exact) mass is 452 g/mol. The van der Waals surface area contributed by atoms with Crippen molar-refractivity contribution < 1.29 is 22.3 Å². The first-order valence-corrected chi connectivity index (χ1v) is 12.2. The van der Waals surface area contributed by atoms with Gasteiger partial charge in [-0.3, -0.25) is 0 Å². The molecule has 0 saturated heterocycles. The van der Waals surface area contributed by atoms with Crippen molar-refractivity contribution in [2.75, 3.05) is 0 Å². The SMILES string of the molecule is CCCCCC1CCC(C2=CC=C(OCc3ccc(CCC)cc3)C(F)(F)C2(F)F)CC1. The lowest BCUT2D eigenvalue weighted by atomic mass is 9.73. The lowest BCUT2D eigenvalue weighted by Gasteiger charge is -2.38. The van der Waals surface area contributed by atoms with Gasteiger partial charge >= 0.3 is 11.8 Å². The molecule has 0 bridgehead atoms. The Labute approximate surface area is 189 Å². The summed E-state index contributed by atoms with van der Waals surface area (Å²) >= 11 is 0. The van der Waals surface area contributed by atoms with Gasteiger partial charge < -0.3 is 4.74 Å². The standard InChI is InChI=1S/C27H36F4O/c1-3-5-6-8-21-13-15-23(16-14-21)24-17-18-25(27(30,31)26(24,28)29)32-19-22-11-9-20(7-4-2)10-12-22/h9-12,17-18,21,23H,3-8,13-16,19H2,1-2H3. The van der Waals surface area contributed by atoms with Crippen LogP contribution in [0, 0.1) is 11.8 Å². The Bertz CT molecular complexity index is 786. The van der Waals surface area contributed by atoms with Gasteiger partial charge in [0, 0.05) is 5.57 Å². The van der Waals surface area contributed by atoms with Gasteiger partial charge in [-0.25, -0.2) is 0 Å². The van der Waals surface area contributed by atoms with Crippen LogP contribution in [-0.4, -0.2) is 11.8 Å². The Hall–Kier alpha value is -1.78. The van der Waals surface area contributed by atoms with Crippen LogP contribution in [0.15, 0.2) is 47.7 Å². The van der Waals surface area contributed by atoms with Crippen molar-refractivity contribution in [3.05, 3.63) is 58.9 Å². The zero-order chi connectivity index (χ0) is 23.2. The highest BCUT2D eigenvalue weighted by Crippen LogP contribution is 2.52. The molecule has 0 unspecified atom stereocenters. The minimum Gasteiger partial charge on any atom is -0.487 e. The summed E-state index contributed by atoms with van der Waals surface area (Å²) in [6, 6.07) is 7.43. The lowest BCUT2D eigenvalue weighted by molar-refractivity contribution is -0.191. The molecule has 1 aromatic carbocycles. The summed E-state index contributed by atoms with van der Waals surface area (Å²) in [4.78, 5) is 0. The van der Waals surface area contributed by atoms with Crippen molar-refractivity contribution in [2.24, 2.45) is 11.8 Å². The van der Waals surface area contributed by atoms with E-state index >= 15 is 0 Å². The van der Waals surface area contributed by atoms with Gasteiger partial charge in [0.15, 0.2) is 5.76 Å². The largest absolute Gasteiger partial charge is 0.487 e. The molecule has 1 saturated carbocycles. The molecule has 0 aliphatic heterocycles. The summed E-state index contributed by atoms with van der Waals surface area (Å²) in [5.74, 6) is -9.45. The smallest absolute Gasteiger partial charge is 0.370 e. The number of hydrogen-bond acceptors (Lipinski definition) is 1. The van der Waals surface area contributed by atoms with E-state index in [1.54, 1.807) is 12.1 Å². The summed E-state index contributed by atoms with van der Waals surface area (Å²) in [5.41, 5.74) is 1.41. The van der Waals surface area contributed by atoms with E-state index in [0.717, 1.165) is 56.6 Å². The first-order valence-electron chi connectivity index (χ1n) is 12.2. The van der Waals surface area contributed by atoms with E-state index in [1.807, 2.05) is 12.1 Å². The van der Waals surface area contributed by atoms with Gasteiger partial charge in [-0.05, 0) is 61.1 Å². The molecule has 0 radical (unpaired) electrons. The van der Waals surface area contributed by atoms with E-state index in [-0.39, 0.29) is 6.61 Å². The molecule has 3 rings (SSSR count). The number of alkyl halides is 4. The summed E-state index contributed by atoms with van der Waals surface area (Å²) < 4.78 is 64.8. The van der Waals surface area contributed by atoms with E-state index in [1.165, 1.54) is 12.5 Å². The number of rotatable bonds is 10. The van der Waals surface area contributed by atoms with E-state index in [0.29, 0.717) is 24.3 Å². The zero-order valence-electron chi connectivity index (χ0n) is 19.3. The molecule has 0 N–H and O–H groups in total. The molecule has 0 aromatic heterocycles. The first-order chi connectivity index (χ1) is 15.3. The lowest BCUT2D eigenvalue weighted by Crippen LogP contribution is -2.48. The zero-order valence-corrected chi connectivity index (χ0v) is 19.3. The molecule has 178 valence electrons. The number of halogens is 4. The molecule has 2 aliphatic rings. The summed E-state index contributed by atoms with van der Waals surface area (Å²) in [6.07, 6.45) is 11.6. The number of benzene rings is 1. The van der Waals surface area contributed by atoms with Crippen molar-refractivity contribution in [2.45, 2.75) is 96.5 Å². The van der Waals surface area contributed by atoms with Gasteiger partial charge in [0.25, 0.3) is 0 Å². The Morgan fingerprint density at radius 1 is 0.812 bits per heavy atom. The average molecular weight is 453 g/mol. The van der Waals surface area contributed by atoms with Crippen LogP contribution in [0.3, 0.4) is 0 Å². The van der Waals surface area contributed by atoms with Crippen molar-refractivity contribution in [3.63, 3.8) is 0 Å². The highest BCUT2D eigenvalue weighted by Gasteiger charge is 2.64. The Morgan fingerprint density at radius 2 is 1.47 bits per heavy atom. The average Bonchev–Trinajstić information content (AvgIpc) is 2.77. The number of ether oxygens (including phenoxy) is 1. The predicted molar refractivity (Wildman–Crippen MR) is 121 cm³/mol. The van der Waals surface area contributed by atoms with Crippen molar-refractivity contribution in [1.29, 1.82) is 0 Å². The maximum absolute atomic E-state index is 15.0. The van der Waals surface area contributed by atoms with Crippen LogP contribution in [0.1, 0.15) is 82.8 Å². The first kappa shape index (κ1) is 24.9. The molecule has 1 aromatic rings. The van der Waals surface area contributed by atoms with Crippen LogP contribution >= 0.6 is 0 Å². The fraction of sp³-hybridized carbons (Fsp3) is 0.630. The van der Waals surface area contributed by atoms with Crippen LogP contribution in [0.5, 0.6) is 0 Å². The van der Waals surface area contributed by atoms with Gasteiger partial charge in [0.05, 0.1) is 0 Å². The quantitative estimate of drug-likeness (QED) is 0.255. The Balaban J connectivity index is 1.64. The van der Waals surface area contributed by atoms with Crippen molar-refractivity contribution in [1.82, 2.24) is 0 Å². The van der Waals surface area contributed by atoms with Crippen molar-refractivity contribution in [3.8, 4) is 0 Å². The molecule has 1 fully saturated rings. The molecule has 0 atom stereocenters. The second-order valence-corrected chi connectivity index (χ2v) is 9.37. The van der Waals surface area contributed by atoms with Gasteiger partial charge in [-0.15, -0.1) is 0 Å². The topological polar surface area (TPSA) is 9.23 Å². The molecular formula is C27H36F4O. The minimum absolute atomic E-state index is 0.157. The van der Waals surface area contributed by atoms with Crippen LogP contribution in [0.4, 0.5) is 17.6 Å². The summed E-state index contributed by atoms with van der Waals surface area (Å²) in [5, 5.41) is 0. The van der Waals surface area contributed by atoms with Crippen LogP contribution in [0.25, 0.3) is 0 Å². The van der Waals surface area contributed by atoms with Gasteiger partial charge in [0.2, 0.25) is 0 Å². The Kier molecular flexibility index (Phi) is 8.46. The normalized spacial score (nSPS) is 24.6. The van der Waals surface area contributed by atoms with E-state index < -0.39 is 29.1 Å². The molecule has 32 heavy (non-hydrogen) atoms. The van der Waals surface area contributed by atoms with Crippen LogP contribution < -0.4 is 0 Å². The highest BCUT2D eigenvalue weighted by molar-refractivity contribution is 5.37. The fourth-order valence-electron chi connectivity index (χ4n) is 4.94. The number of aryl methyl sites for hydroxylation is 1. The molecule has 5 heteroatoms. The third-order valence-corrected chi connectivity index (χ3v) is 6.94. The minimum atomic E-state index is -4.34. The van der Waals surface area contributed by atoms with Gasteiger partial charge in [0.1, 0.15) is 6.61 Å². The number of allylic oxidation sites excluding steroid dienone is 4. The Morgan fingerprint density at radius 3 is 2.09 bits per heavy atom. The molecule has 2 aliphatic carbocycles. The second-order valence-electron chi connectivity index (χ2n) is 9.37. The molecular weight excluding hydrogens is 416 g/mol. The van der Waals surface area contributed by atoms with Gasteiger partial charge in [-0.2, -0.15) is 17.6 Å². The maximum Gasteiger partial charge on any atom is 0.370 e. The molecule has 1 nitrogen and oxygen atoms in total. The van der Waals surface area contributed by atoms with Crippen LogP contribution in [0.2, 0.25) is 0 Å². The molecule has 0 amide bonds. The maximum atomic E-state index is 15.0. The second kappa shape index (κ2) is 10.9. The number of unbranched alkanes of at least 4 members (excludes halogenated alkanes) is 2. The molecule has 0 spiro atoms. The van der Waals surface area contributed by atoms with Crippen LogP contribution in [-0.2, 0) is 17.8 Å². The highest BCUT2D eigenvalue weighted by atomic mass is 19.3. The fourth-order valence-corrected chi connectivity index (χ4v) is 4.94. The summed E-state index contributed by atoms with van der Waals surface area (Å²) in [7, 11) is 0. The number of hydrogen-bond donors (Lipinski definition) is 0. The predicted octanol–water partition coefficient (Wildman–Crippen LogP) is 8.64. The third-order valence-electron chi connectivity index (χ3n) is 6.94. The van der Waals surface area contributed by atoms with E-state index in [4.69, 9.17) is 4.74 Å². The molecule has 0 heterocycles. The van der Waals surface area contributed by atoms with E-state index in [9.17, 15) is 17.6 Å². The third kappa shape index (κ3) is 5.58.